The molecular weight excluding hydrogens is 316 g/mol. The van der Waals surface area contributed by atoms with E-state index in [-0.39, 0.29) is 24.1 Å². The van der Waals surface area contributed by atoms with Gasteiger partial charge in [0, 0.05) is 18.7 Å². The van der Waals surface area contributed by atoms with Crippen LogP contribution in [0.15, 0.2) is 24.3 Å². The van der Waals surface area contributed by atoms with Gasteiger partial charge in [-0.15, -0.1) is 11.8 Å². The number of benzene rings is 1. The van der Waals surface area contributed by atoms with Crippen LogP contribution < -0.4 is 10.6 Å². The standard InChI is InChI=1S/C16H22N2O4S/c1-12-2-4-13(5-3-12)6-7-14(19)18-10-15(20)17-8-9-23-11-16(21)22/h2-5H,6-11H2,1H3,(H,17,20)(H,18,19)(H,21,22). The van der Waals surface area contributed by atoms with Gasteiger partial charge in [0.25, 0.3) is 0 Å². The van der Waals surface area contributed by atoms with Crippen molar-refractivity contribution >= 4 is 29.5 Å². The molecule has 6 nitrogen and oxygen atoms in total. The van der Waals surface area contributed by atoms with E-state index in [0.717, 1.165) is 5.56 Å². The van der Waals surface area contributed by atoms with E-state index in [4.69, 9.17) is 5.11 Å². The van der Waals surface area contributed by atoms with Crippen LogP contribution in [0.1, 0.15) is 17.5 Å². The quantitative estimate of drug-likeness (QED) is 0.553. The molecule has 0 atom stereocenters. The molecule has 1 rings (SSSR count). The third-order valence-electron chi connectivity index (χ3n) is 3.00. The fourth-order valence-electron chi connectivity index (χ4n) is 1.76. The number of hydrogen-bond acceptors (Lipinski definition) is 4. The SMILES string of the molecule is Cc1ccc(CCC(=O)NCC(=O)NCCSCC(=O)O)cc1. The minimum atomic E-state index is -0.873. The largest absolute Gasteiger partial charge is 0.481 e. The Balaban J connectivity index is 2.09. The molecule has 3 N–H and O–H groups in total. The van der Waals surface area contributed by atoms with E-state index in [1.54, 1.807) is 0 Å². The summed E-state index contributed by atoms with van der Waals surface area (Å²) in [5.41, 5.74) is 2.27. The molecule has 2 amide bonds. The first-order valence-corrected chi connectivity index (χ1v) is 8.51. The Morgan fingerprint density at radius 1 is 1.09 bits per heavy atom. The van der Waals surface area contributed by atoms with E-state index in [2.05, 4.69) is 10.6 Å². The molecule has 0 unspecified atom stereocenters. The Morgan fingerprint density at radius 2 is 1.78 bits per heavy atom. The van der Waals surface area contributed by atoms with Crippen LogP contribution in [0.2, 0.25) is 0 Å². The van der Waals surface area contributed by atoms with E-state index in [9.17, 15) is 14.4 Å². The molecule has 0 fully saturated rings. The van der Waals surface area contributed by atoms with E-state index in [0.29, 0.717) is 25.1 Å². The van der Waals surface area contributed by atoms with Gasteiger partial charge >= 0.3 is 5.97 Å². The van der Waals surface area contributed by atoms with Crippen molar-refractivity contribution in [3.05, 3.63) is 35.4 Å². The van der Waals surface area contributed by atoms with Crippen LogP contribution in [0.25, 0.3) is 0 Å². The normalized spacial score (nSPS) is 10.1. The van der Waals surface area contributed by atoms with E-state index >= 15 is 0 Å². The monoisotopic (exact) mass is 338 g/mol. The Kier molecular flexibility index (Phi) is 8.82. The number of nitrogens with one attached hydrogen (secondary N) is 2. The molecule has 0 aliphatic carbocycles. The Morgan fingerprint density at radius 3 is 2.43 bits per heavy atom. The summed E-state index contributed by atoms with van der Waals surface area (Å²) < 4.78 is 0. The van der Waals surface area contributed by atoms with Crippen LogP contribution in [-0.4, -0.2) is 47.5 Å². The maximum atomic E-state index is 11.7. The lowest BCUT2D eigenvalue weighted by Crippen LogP contribution is -2.37. The molecule has 1 aromatic rings. The number of hydrogen-bond donors (Lipinski definition) is 3. The van der Waals surface area contributed by atoms with Gasteiger partial charge < -0.3 is 15.7 Å². The predicted octanol–water partition coefficient (Wildman–Crippen LogP) is 0.978. The van der Waals surface area contributed by atoms with Gasteiger partial charge in [0.15, 0.2) is 0 Å². The van der Waals surface area contributed by atoms with Crippen molar-refractivity contribution in [2.45, 2.75) is 19.8 Å². The first-order valence-electron chi connectivity index (χ1n) is 7.36. The molecule has 1 aromatic carbocycles. The lowest BCUT2D eigenvalue weighted by molar-refractivity contribution is -0.134. The number of aryl methyl sites for hydroxylation is 2. The highest BCUT2D eigenvalue weighted by molar-refractivity contribution is 7.99. The molecule has 0 heterocycles. The third-order valence-corrected chi connectivity index (χ3v) is 3.95. The summed E-state index contributed by atoms with van der Waals surface area (Å²) in [4.78, 5) is 33.5. The molecular formula is C16H22N2O4S. The molecule has 0 aliphatic heterocycles. The molecule has 126 valence electrons. The second kappa shape index (κ2) is 10.7. The maximum absolute atomic E-state index is 11.7. The van der Waals surface area contributed by atoms with Gasteiger partial charge in [-0.3, -0.25) is 14.4 Å². The molecule has 0 aliphatic rings. The molecule has 0 bridgehead atoms. The first-order chi connectivity index (χ1) is 11.0. The Bertz CT molecular complexity index is 531. The average Bonchev–Trinajstić information content (AvgIpc) is 2.51. The molecule has 0 spiro atoms. The fourth-order valence-corrected chi connectivity index (χ4v) is 2.33. The van der Waals surface area contributed by atoms with Gasteiger partial charge in [0.1, 0.15) is 0 Å². The number of carboxylic acid groups (broad SMARTS) is 1. The van der Waals surface area contributed by atoms with Gasteiger partial charge in [-0.05, 0) is 18.9 Å². The summed E-state index contributed by atoms with van der Waals surface area (Å²) in [6.45, 7) is 2.33. The van der Waals surface area contributed by atoms with Crippen LogP contribution >= 0.6 is 11.8 Å². The molecule has 0 saturated heterocycles. The highest BCUT2D eigenvalue weighted by Crippen LogP contribution is 2.05. The topological polar surface area (TPSA) is 95.5 Å². The third kappa shape index (κ3) is 9.57. The van der Waals surface area contributed by atoms with Crippen LogP contribution in [0.4, 0.5) is 0 Å². The summed E-state index contributed by atoms with van der Waals surface area (Å²) in [6, 6.07) is 7.99. The van der Waals surface area contributed by atoms with Crippen molar-refractivity contribution in [1.29, 1.82) is 0 Å². The van der Waals surface area contributed by atoms with Crippen molar-refractivity contribution in [3.8, 4) is 0 Å². The van der Waals surface area contributed by atoms with E-state index in [1.807, 2.05) is 31.2 Å². The molecule has 0 aromatic heterocycles. The van der Waals surface area contributed by atoms with Gasteiger partial charge in [-0.25, -0.2) is 0 Å². The summed E-state index contributed by atoms with van der Waals surface area (Å²) in [5, 5.41) is 13.7. The van der Waals surface area contributed by atoms with Crippen molar-refractivity contribution in [1.82, 2.24) is 10.6 Å². The maximum Gasteiger partial charge on any atom is 0.313 e. The van der Waals surface area contributed by atoms with Crippen LogP contribution in [-0.2, 0) is 20.8 Å². The zero-order valence-corrected chi connectivity index (χ0v) is 13.9. The number of carbonyl (C=O) groups excluding carboxylic acids is 2. The van der Waals surface area contributed by atoms with Gasteiger partial charge in [-0.1, -0.05) is 29.8 Å². The number of carbonyl (C=O) groups is 3. The minimum absolute atomic E-state index is 0.0195. The van der Waals surface area contributed by atoms with Crippen molar-refractivity contribution < 1.29 is 19.5 Å². The van der Waals surface area contributed by atoms with E-state index < -0.39 is 5.97 Å². The Hall–Kier alpha value is -2.02. The number of thioether (sulfide) groups is 1. The molecule has 7 heteroatoms. The molecule has 23 heavy (non-hydrogen) atoms. The number of carboxylic acids is 1. The lowest BCUT2D eigenvalue weighted by atomic mass is 10.1. The summed E-state index contributed by atoms with van der Waals surface area (Å²) in [7, 11) is 0. The molecule has 0 saturated carbocycles. The first kappa shape index (κ1) is 19.0. The van der Waals surface area contributed by atoms with Gasteiger partial charge in [0.2, 0.25) is 11.8 Å². The zero-order chi connectivity index (χ0) is 17.1. The predicted molar refractivity (Wildman–Crippen MR) is 90.5 cm³/mol. The lowest BCUT2D eigenvalue weighted by Gasteiger charge is -2.07. The number of amides is 2. The van der Waals surface area contributed by atoms with Crippen LogP contribution in [0.3, 0.4) is 0 Å². The fraction of sp³-hybridized carbons (Fsp3) is 0.438. The summed E-state index contributed by atoms with van der Waals surface area (Å²) in [5.74, 6) is -0.766. The number of rotatable bonds is 10. The molecule has 0 radical (unpaired) electrons. The van der Waals surface area contributed by atoms with Crippen molar-refractivity contribution in [2.75, 3.05) is 24.6 Å². The average molecular weight is 338 g/mol. The second-order valence-corrected chi connectivity index (χ2v) is 6.16. The number of aliphatic carboxylic acids is 1. The van der Waals surface area contributed by atoms with E-state index in [1.165, 1.54) is 17.3 Å². The highest BCUT2D eigenvalue weighted by atomic mass is 32.2. The second-order valence-electron chi connectivity index (χ2n) is 5.06. The summed E-state index contributed by atoms with van der Waals surface area (Å²) in [6.07, 6.45) is 0.977. The Labute approximate surface area is 140 Å². The highest BCUT2D eigenvalue weighted by Gasteiger charge is 2.06. The van der Waals surface area contributed by atoms with Gasteiger partial charge in [0.05, 0.1) is 12.3 Å². The van der Waals surface area contributed by atoms with Gasteiger partial charge in [-0.2, -0.15) is 0 Å². The van der Waals surface area contributed by atoms with Crippen molar-refractivity contribution in [2.24, 2.45) is 0 Å². The van der Waals surface area contributed by atoms with Crippen LogP contribution in [0.5, 0.6) is 0 Å². The van der Waals surface area contributed by atoms with Crippen molar-refractivity contribution in [3.63, 3.8) is 0 Å². The zero-order valence-electron chi connectivity index (χ0n) is 13.1. The summed E-state index contributed by atoms with van der Waals surface area (Å²) >= 11 is 1.23. The minimum Gasteiger partial charge on any atom is -0.481 e. The van der Waals surface area contributed by atoms with Crippen LogP contribution in [0, 0.1) is 6.92 Å². The smallest absolute Gasteiger partial charge is 0.313 e.